The summed E-state index contributed by atoms with van der Waals surface area (Å²) in [6.45, 7) is 6.11. The Hall–Kier alpha value is -1.87. The molecule has 0 bridgehead atoms. The third-order valence-electron chi connectivity index (χ3n) is 3.92. The zero-order chi connectivity index (χ0) is 18.7. The molecule has 134 valence electrons. The van der Waals surface area contributed by atoms with Crippen LogP contribution in [0.25, 0.3) is 5.69 Å². The summed E-state index contributed by atoms with van der Waals surface area (Å²) in [4.78, 5) is 12.3. The van der Waals surface area contributed by atoms with Crippen LogP contribution in [0.4, 0.5) is 5.69 Å². The van der Waals surface area contributed by atoms with Gasteiger partial charge in [0.05, 0.1) is 11.4 Å². The molecule has 0 aliphatic rings. The maximum atomic E-state index is 12.3. The van der Waals surface area contributed by atoms with Gasteiger partial charge in [0.1, 0.15) is 6.33 Å². The number of halogens is 1. The fourth-order valence-electron chi connectivity index (χ4n) is 2.65. The molecule has 1 N–H and O–H groups in total. The van der Waals surface area contributed by atoms with Gasteiger partial charge >= 0.3 is 0 Å². The van der Waals surface area contributed by atoms with Gasteiger partial charge in [0.2, 0.25) is 5.91 Å². The van der Waals surface area contributed by atoms with Crippen LogP contribution in [0, 0.1) is 24.3 Å². The summed E-state index contributed by atoms with van der Waals surface area (Å²) in [6.07, 6.45) is 1.68. The molecule has 0 saturated carbocycles. The molecule has 0 unspecified atom stereocenters. The Morgan fingerprint density at radius 2 is 1.96 bits per heavy atom. The van der Waals surface area contributed by atoms with E-state index in [1.165, 1.54) is 17.3 Å². The number of hydrogen-bond donors (Lipinski definition) is 1. The van der Waals surface area contributed by atoms with Crippen molar-refractivity contribution in [3.8, 4) is 5.69 Å². The van der Waals surface area contributed by atoms with E-state index in [4.69, 9.17) is 0 Å². The van der Waals surface area contributed by atoms with Gasteiger partial charge in [-0.2, -0.15) is 0 Å². The van der Waals surface area contributed by atoms with Crippen LogP contribution >= 0.6 is 34.4 Å². The monoisotopic (exact) mass is 478 g/mol. The molecule has 26 heavy (non-hydrogen) atoms. The number of amides is 1. The van der Waals surface area contributed by atoms with E-state index in [9.17, 15) is 4.79 Å². The van der Waals surface area contributed by atoms with Crippen molar-refractivity contribution in [1.82, 2.24) is 14.8 Å². The lowest BCUT2D eigenvalue weighted by molar-refractivity contribution is -0.113. The Kier molecular flexibility index (Phi) is 5.98. The van der Waals surface area contributed by atoms with Gasteiger partial charge in [-0.3, -0.25) is 9.36 Å². The largest absolute Gasteiger partial charge is 0.325 e. The summed E-state index contributed by atoms with van der Waals surface area (Å²) in [5, 5.41) is 11.8. The van der Waals surface area contributed by atoms with E-state index < -0.39 is 0 Å². The van der Waals surface area contributed by atoms with E-state index in [1.54, 1.807) is 6.33 Å². The first-order chi connectivity index (χ1) is 12.4. The van der Waals surface area contributed by atoms with Gasteiger partial charge in [0.25, 0.3) is 0 Å². The fraction of sp³-hybridized carbons (Fsp3) is 0.211. The van der Waals surface area contributed by atoms with Gasteiger partial charge in [-0.15, -0.1) is 10.2 Å². The van der Waals surface area contributed by atoms with Crippen LogP contribution in [0.5, 0.6) is 0 Å². The van der Waals surface area contributed by atoms with Crippen molar-refractivity contribution >= 4 is 45.9 Å². The summed E-state index contributed by atoms with van der Waals surface area (Å²) in [5.74, 6) is 0.212. The first-order valence-electron chi connectivity index (χ1n) is 8.10. The van der Waals surface area contributed by atoms with Gasteiger partial charge in [0, 0.05) is 9.26 Å². The van der Waals surface area contributed by atoms with E-state index in [0.29, 0.717) is 5.16 Å². The zero-order valence-corrected chi connectivity index (χ0v) is 17.8. The number of benzene rings is 2. The number of aromatic nitrogens is 3. The Labute approximate surface area is 170 Å². The molecule has 1 heterocycles. The molecule has 1 aromatic heterocycles. The Morgan fingerprint density at radius 1 is 1.15 bits per heavy atom. The van der Waals surface area contributed by atoms with Crippen molar-refractivity contribution in [2.45, 2.75) is 25.9 Å². The quantitative estimate of drug-likeness (QED) is 0.433. The summed E-state index contributed by atoms with van der Waals surface area (Å²) in [7, 11) is 0. The average Bonchev–Trinajstić information content (AvgIpc) is 3.04. The van der Waals surface area contributed by atoms with Crippen LogP contribution in [-0.4, -0.2) is 26.4 Å². The SMILES string of the molecule is Cc1ccc(-n2cnnc2SCC(=O)Nc2ccc(I)cc2C)c(C)c1. The third-order valence-corrected chi connectivity index (χ3v) is 5.54. The lowest BCUT2D eigenvalue weighted by Crippen LogP contribution is -2.15. The predicted molar refractivity (Wildman–Crippen MR) is 114 cm³/mol. The highest BCUT2D eigenvalue weighted by atomic mass is 127. The molecule has 0 atom stereocenters. The Balaban J connectivity index is 1.69. The Morgan fingerprint density at radius 3 is 2.69 bits per heavy atom. The smallest absolute Gasteiger partial charge is 0.234 e. The highest BCUT2D eigenvalue weighted by molar-refractivity contribution is 14.1. The van der Waals surface area contributed by atoms with E-state index >= 15 is 0 Å². The first-order valence-corrected chi connectivity index (χ1v) is 10.2. The van der Waals surface area contributed by atoms with Crippen LogP contribution < -0.4 is 5.32 Å². The van der Waals surface area contributed by atoms with Crippen LogP contribution in [0.2, 0.25) is 0 Å². The van der Waals surface area contributed by atoms with Crippen molar-refractivity contribution in [2.75, 3.05) is 11.1 Å². The van der Waals surface area contributed by atoms with Gasteiger partial charge in [-0.05, 0) is 78.8 Å². The van der Waals surface area contributed by atoms with Crippen molar-refractivity contribution < 1.29 is 4.79 Å². The molecule has 0 spiro atoms. The van der Waals surface area contributed by atoms with Crippen molar-refractivity contribution in [2.24, 2.45) is 0 Å². The molecule has 3 rings (SSSR count). The van der Waals surface area contributed by atoms with E-state index in [0.717, 1.165) is 26.1 Å². The minimum atomic E-state index is -0.0607. The van der Waals surface area contributed by atoms with E-state index in [1.807, 2.05) is 35.8 Å². The molecule has 0 aliphatic heterocycles. The number of carbonyl (C=O) groups excluding carboxylic acids is 1. The highest BCUT2D eigenvalue weighted by Gasteiger charge is 2.12. The van der Waals surface area contributed by atoms with Crippen LogP contribution in [0.1, 0.15) is 16.7 Å². The molecule has 3 aromatic rings. The zero-order valence-electron chi connectivity index (χ0n) is 14.8. The van der Waals surface area contributed by atoms with Gasteiger partial charge in [-0.1, -0.05) is 29.5 Å². The number of nitrogens with zero attached hydrogens (tertiary/aromatic N) is 3. The summed E-state index contributed by atoms with van der Waals surface area (Å²) >= 11 is 3.63. The number of aryl methyl sites for hydroxylation is 3. The fourth-order valence-corrected chi connectivity index (χ4v) is 4.02. The number of hydrogen-bond acceptors (Lipinski definition) is 4. The van der Waals surface area contributed by atoms with Gasteiger partial charge < -0.3 is 5.32 Å². The maximum absolute atomic E-state index is 12.3. The minimum Gasteiger partial charge on any atom is -0.325 e. The number of nitrogens with one attached hydrogen (secondary N) is 1. The summed E-state index contributed by atoms with van der Waals surface area (Å²) < 4.78 is 3.07. The van der Waals surface area contributed by atoms with Crippen molar-refractivity contribution in [1.29, 1.82) is 0 Å². The first kappa shape index (κ1) is 18.9. The van der Waals surface area contributed by atoms with E-state index in [2.05, 4.69) is 64.1 Å². The molecule has 1 amide bonds. The van der Waals surface area contributed by atoms with Crippen molar-refractivity contribution in [3.63, 3.8) is 0 Å². The molecule has 7 heteroatoms. The highest BCUT2D eigenvalue weighted by Crippen LogP contribution is 2.23. The number of rotatable bonds is 5. The van der Waals surface area contributed by atoms with Crippen LogP contribution in [0.3, 0.4) is 0 Å². The second-order valence-corrected chi connectivity index (χ2v) is 8.26. The molecule has 0 fully saturated rings. The molecule has 0 aliphatic carbocycles. The van der Waals surface area contributed by atoms with Crippen LogP contribution in [0.15, 0.2) is 47.9 Å². The molecule has 5 nitrogen and oxygen atoms in total. The third kappa shape index (κ3) is 4.45. The molecule has 0 saturated heterocycles. The average molecular weight is 478 g/mol. The van der Waals surface area contributed by atoms with Crippen molar-refractivity contribution in [3.05, 3.63) is 63.0 Å². The number of anilines is 1. The van der Waals surface area contributed by atoms with Gasteiger partial charge in [-0.25, -0.2) is 0 Å². The standard InChI is InChI=1S/C19H19IN4OS/c1-12-4-7-17(14(3)8-12)24-11-21-23-19(24)26-10-18(25)22-16-6-5-15(20)9-13(16)2/h4-9,11H,10H2,1-3H3,(H,22,25). The van der Waals surface area contributed by atoms with Gasteiger partial charge in [0.15, 0.2) is 5.16 Å². The molecule has 2 aromatic carbocycles. The van der Waals surface area contributed by atoms with Crippen LogP contribution in [-0.2, 0) is 4.79 Å². The molecule has 0 radical (unpaired) electrons. The molecular formula is C19H19IN4OS. The second-order valence-electron chi connectivity index (χ2n) is 6.07. The predicted octanol–water partition coefficient (Wildman–Crippen LogP) is 4.53. The van der Waals surface area contributed by atoms with E-state index in [-0.39, 0.29) is 11.7 Å². The minimum absolute atomic E-state index is 0.0607. The lowest BCUT2D eigenvalue weighted by Gasteiger charge is -2.11. The number of carbonyl (C=O) groups is 1. The normalized spacial score (nSPS) is 10.8. The summed E-state index contributed by atoms with van der Waals surface area (Å²) in [5.41, 5.74) is 5.27. The lowest BCUT2D eigenvalue weighted by atomic mass is 10.1. The maximum Gasteiger partial charge on any atom is 0.234 e. The summed E-state index contributed by atoms with van der Waals surface area (Å²) in [6, 6.07) is 12.2. The topological polar surface area (TPSA) is 59.8 Å². The molecular weight excluding hydrogens is 459 g/mol. The second kappa shape index (κ2) is 8.22. The Bertz CT molecular complexity index is 954. The number of thioether (sulfide) groups is 1.